The van der Waals surface area contributed by atoms with E-state index >= 15 is 0 Å². The highest BCUT2D eigenvalue weighted by atomic mass is 32.2. The molecule has 0 heterocycles. The first-order valence-electron chi connectivity index (χ1n) is 6.82. The SMILES string of the molecule is O=C(O)c1ccccc1.c1ccc(Sc2ccccc2)cc1. The Hall–Kier alpha value is -2.52. The highest BCUT2D eigenvalue weighted by molar-refractivity contribution is 7.99. The van der Waals surface area contributed by atoms with Crippen LogP contribution < -0.4 is 0 Å². The van der Waals surface area contributed by atoms with Gasteiger partial charge in [-0.3, -0.25) is 0 Å². The van der Waals surface area contributed by atoms with E-state index in [2.05, 4.69) is 48.5 Å². The van der Waals surface area contributed by atoms with Gasteiger partial charge in [0.05, 0.1) is 5.56 Å². The standard InChI is InChI=1S/C12H10S.C7H6O2/c1-3-7-11(8-4-1)13-12-9-5-2-6-10-12;8-7(9)6-4-2-1-3-5-6/h1-10H;1-5H,(H,8,9). The molecular formula is C19H16O2S. The Morgan fingerprint density at radius 1 is 0.636 bits per heavy atom. The lowest BCUT2D eigenvalue weighted by atomic mass is 10.2. The monoisotopic (exact) mass is 308 g/mol. The predicted molar refractivity (Wildman–Crippen MR) is 90.4 cm³/mol. The Morgan fingerprint density at radius 2 is 1.00 bits per heavy atom. The predicted octanol–water partition coefficient (Wildman–Crippen LogP) is 5.22. The van der Waals surface area contributed by atoms with Crippen molar-refractivity contribution in [1.82, 2.24) is 0 Å². The van der Waals surface area contributed by atoms with Crippen molar-refractivity contribution < 1.29 is 9.90 Å². The molecule has 0 saturated carbocycles. The molecule has 0 radical (unpaired) electrons. The molecule has 3 aromatic carbocycles. The number of carbonyl (C=O) groups is 1. The largest absolute Gasteiger partial charge is 0.478 e. The molecular weight excluding hydrogens is 292 g/mol. The van der Waals surface area contributed by atoms with E-state index in [-0.39, 0.29) is 0 Å². The second-order valence-electron chi connectivity index (χ2n) is 4.40. The lowest BCUT2D eigenvalue weighted by Gasteiger charge is -1.99. The zero-order valence-electron chi connectivity index (χ0n) is 11.9. The normalized spacial score (nSPS) is 9.45. The number of benzene rings is 3. The van der Waals surface area contributed by atoms with Gasteiger partial charge in [-0.1, -0.05) is 66.4 Å². The quantitative estimate of drug-likeness (QED) is 0.720. The zero-order valence-corrected chi connectivity index (χ0v) is 12.7. The molecule has 0 aliphatic rings. The van der Waals surface area contributed by atoms with Crippen LogP contribution in [-0.4, -0.2) is 11.1 Å². The molecule has 0 unspecified atom stereocenters. The molecule has 0 aliphatic heterocycles. The molecule has 0 bridgehead atoms. The molecule has 110 valence electrons. The van der Waals surface area contributed by atoms with Gasteiger partial charge in [-0.15, -0.1) is 0 Å². The van der Waals surface area contributed by atoms with Gasteiger partial charge in [0.15, 0.2) is 0 Å². The van der Waals surface area contributed by atoms with Crippen LogP contribution in [0.15, 0.2) is 101 Å². The van der Waals surface area contributed by atoms with E-state index < -0.39 is 5.97 Å². The van der Waals surface area contributed by atoms with Crippen molar-refractivity contribution in [3.8, 4) is 0 Å². The van der Waals surface area contributed by atoms with Crippen molar-refractivity contribution in [1.29, 1.82) is 0 Å². The van der Waals surface area contributed by atoms with Crippen molar-refractivity contribution in [3.63, 3.8) is 0 Å². The molecule has 0 aromatic heterocycles. The van der Waals surface area contributed by atoms with Crippen molar-refractivity contribution >= 4 is 17.7 Å². The molecule has 1 N–H and O–H groups in total. The molecule has 3 aromatic rings. The first kappa shape index (κ1) is 15.9. The fourth-order valence-corrected chi connectivity index (χ4v) is 2.55. The van der Waals surface area contributed by atoms with Crippen molar-refractivity contribution in [3.05, 3.63) is 96.6 Å². The molecule has 0 saturated heterocycles. The maximum atomic E-state index is 10.2. The molecule has 0 fully saturated rings. The average Bonchev–Trinajstić information content (AvgIpc) is 2.58. The number of rotatable bonds is 3. The fraction of sp³-hybridized carbons (Fsp3) is 0. The molecule has 3 heteroatoms. The summed E-state index contributed by atoms with van der Waals surface area (Å²) in [6.45, 7) is 0. The zero-order chi connectivity index (χ0) is 15.6. The number of aromatic carboxylic acids is 1. The number of hydrogen-bond acceptors (Lipinski definition) is 2. The Morgan fingerprint density at radius 3 is 1.32 bits per heavy atom. The summed E-state index contributed by atoms with van der Waals surface area (Å²) in [4.78, 5) is 12.8. The van der Waals surface area contributed by atoms with Gasteiger partial charge in [-0.05, 0) is 36.4 Å². The van der Waals surface area contributed by atoms with E-state index in [0.717, 1.165) is 0 Å². The van der Waals surface area contributed by atoms with Gasteiger partial charge in [0.1, 0.15) is 0 Å². The maximum absolute atomic E-state index is 10.2. The topological polar surface area (TPSA) is 37.3 Å². The number of carboxylic acid groups (broad SMARTS) is 1. The first-order valence-corrected chi connectivity index (χ1v) is 7.63. The minimum absolute atomic E-state index is 0.331. The van der Waals surface area contributed by atoms with Gasteiger partial charge in [0.25, 0.3) is 0 Å². The van der Waals surface area contributed by atoms with Gasteiger partial charge >= 0.3 is 5.97 Å². The van der Waals surface area contributed by atoms with Crippen LogP contribution in [0.4, 0.5) is 0 Å². The lowest BCUT2D eigenvalue weighted by molar-refractivity contribution is 0.0697. The summed E-state index contributed by atoms with van der Waals surface area (Å²) >= 11 is 1.79. The molecule has 0 amide bonds. The molecule has 3 rings (SSSR count). The van der Waals surface area contributed by atoms with Crippen LogP contribution in [0.2, 0.25) is 0 Å². The third kappa shape index (κ3) is 5.46. The summed E-state index contributed by atoms with van der Waals surface area (Å²) in [6, 6.07) is 29.1. The van der Waals surface area contributed by atoms with Gasteiger partial charge in [-0.25, -0.2) is 4.79 Å². The molecule has 2 nitrogen and oxygen atoms in total. The summed E-state index contributed by atoms with van der Waals surface area (Å²) in [5, 5.41) is 8.38. The highest BCUT2D eigenvalue weighted by Gasteiger charge is 1.96. The van der Waals surface area contributed by atoms with Crippen LogP contribution in [0.3, 0.4) is 0 Å². The Kier molecular flexibility index (Phi) is 6.27. The van der Waals surface area contributed by atoms with Gasteiger partial charge in [0.2, 0.25) is 0 Å². The summed E-state index contributed by atoms with van der Waals surface area (Å²) in [7, 11) is 0. The van der Waals surface area contributed by atoms with E-state index in [1.54, 1.807) is 42.1 Å². The summed E-state index contributed by atoms with van der Waals surface area (Å²) < 4.78 is 0. The summed E-state index contributed by atoms with van der Waals surface area (Å²) in [5.74, 6) is -0.879. The van der Waals surface area contributed by atoms with Crippen LogP contribution >= 0.6 is 11.8 Å². The average molecular weight is 308 g/mol. The van der Waals surface area contributed by atoms with Crippen LogP contribution in [0, 0.1) is 0 Å². The number of carboxylic acids is 1. The van der Waals surface area contributed by atoms with Crippen LogP contribution in [0.5, 0.6) is 0 Å². The van der Waals surface area contributed by atoms with Crippen LogP contribution in [-0.2, 0) is 0 Å². The molecule has 0 spiro atoms. The first-order chi connectivity index (χ1) is 10.8. The lowest BCUT2D eigenvalue weighted by Crippen LogP contribution is -1.93. The third-order valence-corrected chi connectivity index (χ3v) is 3.76. The Bertz CT molecular complexity index is 645. The molecule has 22 heavy (non-hydrogen) atoms. The van der Waals surface area contributed by atoms with E-state index in [0.29, 0.717) is 5.56 Å². The van der Waals surface area contributed by atoms with E-state index in [1.165, 1.54) is 9.79 Å². The van der Waals surface area contributed by atoms with E-state index in [4.69, 9.17) is 5.11 Å². The van der Waals surface area contributed by atoms with Crippen LogP contribution in [0.25, 0.3) is 0 Å². The van der Waals surface area contributed by atoms with Gasteiger partial charge < -0.3 is 5.11 Å². The second kappa shape index (κ2) is 8.70. The van der Waals surface area contributed by atoms with E-state index in [1.807, 2.05) is 12.1 Å². The summed E-state index contributed by atoms with van der Waals surface area (Å²) in [5.41, 5.74) is 0.331. The minimum Gasteiger partial charge on any atom is -0.478 e. The third-order valence-electron chi connectivity index (χ3n) is 2.74. The summed E-state index contributed by atoms with van der Waals surface area (Å²) in [6.07, 6.45) is 0. The smallest absolute Gasteiger partial charge is 0.335 e. The van der Waals surface area contributed by atoms with Crippen molar-refractivity contribution in [2.45, 2.75) is 9.79 Å². The van der Waals surface area contributed by atoms with E-state index in [9.17, 15) is 4.79 Å². The Balaban J connectivity index is 0.000000172. The highest BCUT2D eigenvalue weighted by Crippen LogP contribution is 2.26. The molecule has 0 atom stereocenters. The minimum atomic E-state index is -0.879. The van der Waals surface area contributed by atoms with Crippen molar-refractivity contribution in [2.24, 2.45) is 0 Å². The second-order valence-corrected chi connectivity index (χ2v) is 5.55. The maximum Gasteiger partial charge on any atom is 0.335 e. The molecule has 0 aliphatic carbocycles. The Labute approximate surface area is 134 Å². The number of hydrogen-bond donors (Lipinski definition) is 1. The van der Waals surface area contributed by atoms with Gasteiger partial charge in [-0.2, -0.15) is 0 Å². The van der Waals surface area contributed by atoms with Crippen LogP contribution in [0.1, 0.15) is 10.4 Å². The van der Waals surface area contributed by atoms with Gasteiger partial charge in [0, 0.05) is 9.79 Å². The fourth-order valence-electron chi connectivity index (χ4n) is 1.69. The van der Waals surface area contributed by atoms with Crippen molar-refractivity contribution in [2.75, 3.05) is 0 Å².